The molecule has 0 saturated heterocycles. The van der Waals surface area contributed by atoms with Crippen molar-refractivity contribution in [3.8, 4) is 0 Å². The topological polar surface area (TPSA) is 83.5 Å². The molecule has 0 aromatic carbocycles. The predicted octanol–water partition coefficient (Wildman–Crippen LogP) is 0.102. The quantitative estimate of drug-likeness (QED) is 0.519. The molecule has 1 aliphatic carbocycles. The van der Waals surface area contributed by atoms with Crippen molar-refractivity contribution in [2.75, 3.05) is 0 Å². The van der Waals surface area contributed by atoms with E-state index in [1.165, 1.54) is 0 Å². The Morgan fingerprint density at radius 2 is 1.69 bits per heavy atom. The van der Waals surface area contributed by atoms with Gasteiger partial charge in [0.15, 0.2) is 0 Å². The number of alkyl halides is 3. The highest BCUT2D eigenvalue weighted by Crippen LogP contribution is 2.15. The van der Waals surface area contributed by atoms with E-state index in [1.54, 1.807) is 0 Å². The van der Waals surface area contributed by atoms with Gasteiger partial charge in [-0.15, -0.1) is 0 Å². The summed E-state index contributed by atoms with van der Waals surface area (Å²) in [6.45, 7) is 0. The van der Waals surface area contributed by atoms with Crippen molar-refractivity contribution in [1.29, 1.82) is 0 Å². The van der Waals surface area contributed by atoms with Crippen LogP contribution in [0, 0.1) is 0 Å². The molecule has 78 valence electrons. The smallest absolute Gasteiger partial charge is 0.475 e. The van der Waals surface area contributed by atoms with Crippen molar-refractivity contribution >= 4 is 5.97 Å². The van der Waals surface area contributed by atoms with Gasteiger partial charge in [-0.2, -0.15) is 13.2 Å². The number of halogens is 3. The van der Waals surface area contributed by atoms with Crippen molar-refractivity contribution in [1.82, 2.24) is 0 Å². The van der Waals surface area contributed by atoms with E-state index in [-0.39, 0.29) is 6.10 Å². The van der Waals surface area contributed by atoms with Crippen LogP contribution >= 0.6 is 0 Å². The number of hydrogen-bond donors (Lipinski definition) is 3. The molecular weight excluding hydrogens is 191 g/mol. The molecule has 0 heterocycles. The van der Waals surface area contributed by atoms with E-state index in [0.717, 1.165) is 12.8 Å². The average Bonchev–Trinajstić information content (AvgIpc) is 1.84. The molecule has 4 N–H and O–H groups in total. The Kier molecular flexibility index (Phi) is 4.15. The summed E-state index contributed by atoms with van der Waals surface area (Å²) in [6, 6.07) is 0.292. The summed E-state index contributed by atoms with van der Waals surface area (Å²) in [6.07, 6.45) is -3.56. The molecule has 0 atom stereocenters. The second kappa shape index (κ2) is 4.43. The van der Waals surface area contributed by atoms with E-state index in [1.807, 2.05) is 0 Å². The number of carboxylic acid groups (broad SMARTS) is 1. The molecule has 1 aliphatic rings. The molecule has 0 aliphatic heterocycles. The van der Waals surface area contributed by atoms with Gasteiger partial charge < -0.3 is 15.9 Å². The molecule has 1 fully saturated rings. The Morgan fingerprint density at radius 3 is 1.69 bits per heavy atom. The maximum atomic E-state index is 10.6. The zero-order valence-electron chi connectivity index (χ0n) is 6.58. The molecular formula is C6H10F3NO3. The molecule has 0 aromatic heterocycles. The first kappa shape index (κ1) is 12.2. The Balaban J connectivity index is 0.000000223. The summed E-state index contributed by atoms with van der Waals surface area (Å²) >= 11 is 0. The fourth-order valence-corrected chi connectivity index (χ4v) is 0.630. The molecule has 1 saturated carbocycles. The lowest BCUT2D eigenvalue weighted by atomic mass is 9.91. The highest BCUT2D eigenvalue weighted by atomic mass is 19.4. The standard InChI is InChI=1S/C4H9NO.C2HF3O2/c5-3-1-4(6)2-3;3-2(4,5)1(6)7/h3-4,6H,1-2,5H2;(H,6,7). The molecule has 0 spiro atoms. The van der Waals surface area contributed by atoms with Crippen LogP contribution in [0.15, 0.2) is 0 Å². The van der Waals surface area contributed by atoms with Gasteiger partial charge in [-0.3, -0.25) is 0 Å². The van der Waals surface area contributed by atoms with Gasteiger partial charge in [-0.1, -0.05) is 0 Å². The highest BCUT2D eigenvalue weighted by molar-refractivity contribution is 5.73. The van der Waals surface area contributed by atoms with E-state index in [9.17, 15) is 13.2 Å². The zero-order chi connectivity index (χ0) is 10.6. The van der Waals surface area contributed by atoms with Crippen LogP contribution in [-0.2, 0) is 4.79 Å². The Hall–Kier alpha value is -0.820. The van der Waals surface area contributed by atoms with Crippen molar-refractivity contribution in [2.45, 2.75) is 31.2 Å². The maximum Gasteiger partial charge on any atom is 0.490 e. The number of aliphatic hydroxyl groups excluding tert-OH is 1. The summed E-state index contributed by atoms with van der Waals surface area (Å²) < 4.78 is 31.7. The fourth-order valence-electron chi connectivity index (χ4n) is 0.630. The van der Waals surface area contributed by atoms with Crippen molar-refractivity contribution < 1.29 is 28.2 Å². The highest BCUT2D eigenvalue weighted by Gasteiger charge is 2.38. The third kappa shape index (κ3) is 5.42. The van der Waals surface area contributed by atoms with Crippen LogP contribution in [0.3, 0.4) is 0 Å². The lowest BCUT2D eigenvalue weighted by molar-refractivity contribution is -0.192. The molecule has 13 heavy (non-hydrogen) atoms. The van der Waals surface area contributed by atoms with E-state index >= 15 is 0 Å². The molecule has 0 bridgehead atoms. The predicted molar refractivity (Wildman–Crippen MR) is 36.9 cm³/mol. The monoisotopic (exact) mass is 201 g/mol. The van der Waals surface area contributed by atoms with Crippen LogP contribution in [0.4, 0.5) is 13.2 Å². The second-order valence-corrected chi connectivity index (χ2v) is 2.69. The van der Waals surface area contributed by atoms with E-state index in [4.69, 9.17) is 20.7 Å². The van der Waals surface area contributed by atoms with Crippen molar-refractivity contribution in [3.05, 3.63) is 0 Å². The first-order valence-electron chi connectivity index (χ1n) is 3.47. The summed E-state index contributed by atoms with van der Waals surface area (Å²) in [5, 5.41) is 15.7. The van der Waals surface area contributed by atoms with Gasteiger partial charge in [0, 0.05) is 6.04 Å². The number of aliphatic carboxylic acids is 1. The van der Waals surface area contributed by atoms with Crippen LogP contribution < -0.4 is 5.73 Å². The number of carboxylic acids is 1. The van der Waals surface area contributed by atoms with Gasteiger partial charge in [-0.25, -0.2) is 4.79 Å². The lowest BCUT2D eigenvalue weighted by Gasteiger charge is -2.26. The molecule has 4 nitrogen and oxygen atoms in total. The SMILES string of the molecule is NC1CC(O)C1.O=C(O)C(F)(F)F. The minimum absolute atomic E-state index is 0.0833. The van der Waals surface area contributed by atoms with Crippen LogP contribution in [0.25, 0.3) is 0 Å². The van der Waals surface area contributed by atoms with Crippen LogP contribution in [0.2, 0.25) is 0 Å². The fraction of sp³-hybridized carbons (Fsp3) is 0.833. The largest absolute Gasteiger partial charge is 0.490 e. The minimum atomic E-state index is -5.08. The number of nitrogens with two attached hydrogens (primary N) is 1. The van der Waals surface area contributed by atoms with E-state index in [2.05, 4.69) is 0 Å². The maximum absolute atomic E-state index is 10.6. The van der Waals surface area contributed by atoms with Gasteiger partial charge in [-0.05, 0) is 12.8 Å². The molecule has 0 unspecified atom stereocenters. The summed E-state index contributed by atoms with van der Waals surface area (Å²) in [5.41, 5.74) is 5.31. The van der Waals surface area contributed by atoms with Crippen molar-refractivity contribution in [3.63, 3.8) is 0 Å². The van der Waals surface area contributed by atoms with Crippen LogP contribution in [0.5, 0.6) is 0 Å². The van der Waals surface area contributed by atoms with Crippen LogP contribution in [-0.4, -0.2) is 34.5 Å². The number of aliphatic hydroxyl groups is 1. The first-order valence-corrected chi connectivity index (χ1v) is 3.47. The average molecular weight is 201 g/mol. The normalized spacial score (nSPS) is 26.8. The van der Waals surface area contributed by atoms with Gasteiger partial charge in [0.1, 0.15) is 0 Å². The van der Waals surface area contributed by atoms with Gasteiger partial charge in [0.25, 0.3) is 0 Å². The van der Waals surface area contributed by atoms with Gasteiger partial charge in [0.2, 0.25) is 0 Å². The van der Waals surface area contributed by atoms with Crippen LogP contribution in [0.1, 0.15) is 12.8 Å². The summed E-state index contributed by atoms with van der Waals surface area (Å²) in [5.74, 6) is -2.76. The van der Waals surface area contributed by atoms with Gasteiger partial charge in [0.05, 0.1) is 6.10 Å². The number of rotatable bonds is 0. The summed E-state index contributed by atoms with van der Waals surface area (Å²) in [4.78, 5) is 8.90. The van der Waals surface area contributed by atoms with E-state index in [0.29, 0.717) is 6.04 Å². The second-order valence-electron chi connectivity index (χ2n) is 2.69. The molecule has 0 radical (unpaired) electrons. The molecule has 7 heteroatoms. The van der Waals surface area contributed by atoms with Crippen molar-refractivity contribution in [2.24, 2.45) is 5.73 Å². The zero-order valence-corrected chi connectivity index (χ0v) is 6.58. The molecule has 0 aromatic rings. The number of carbonyl (C=O) groups is 1. The van der Waals surface area contributed by atoms with Gasteiger partial charge >= 0.3 is 12.1 Å². The Bertz CT molecular complexity index is 170. The first-order chi connectivity index (χ1) is 5.73. The Morgan fingerprint density at radius 1 is 1.38 bits per heavy atom. The summed E-state index contributed by atoms with van der Waals surface area (Å²) in [7, 11) is 0. The third-order valence-corrected chi connectivity index (χ3v) is 1.39. The number of hydrogen-bond acceptors (Lipinski definition) is 3. The lowest BCUT2D eigenvalue weighted by Crippen LogP contribution is -2.39. The molecule has 1 rings (SSSR count). The molecule has 0 amide bonds. The van der Waals surface area contributed by atoms with E-state index < -0.39 is 12.1 Å². The minimum Gasteiger partial charge on any atom is -0.475 e. The third-order valence-electron chi connectivity index (χ3n) is 1.39. The Labute approximate surface area is 72.2 Å².